The molecule has 7 nitrogen and oxygen atoms in total. The maximum Gasteiger partial charge on any atom is 0.338 e. The topological polar surface area (TPSA) is 84.7 Å². The Hall–Kier alpha value is -2.83. The Morgan fingerprint density at radius 1 is 1.30 bits per heavy atom. The molecule has 0 radical (unpaired) electrons. The first-order valence-corrected chi connectivity index (χ1v) is 9.35. The number of aryl methyl sites for hydroxylation is 2. The van der Waals surface area contributed by atoms with Gasteiger partial charge in [-0.1, -0.05) is 12.1 Å². The Labute approximate surface area is 158 Å². The minimum absolute atomic E-state index is 0.0231. The van der Waals surface area contributed by atoms with E-state index in [0.29, 0.717) is 24.4 Å². The van der Waals surface area contributed by atoms with Crippen LogP contribution in [0.3, 0.4) is 0 Å². The third-order valence-corrected chi connectivity index (χ3v) is 4.80. The maximum atomic E-state index is 12.8. The van der Waals surface area contributed by atoms with Crippen LogP contribution in [0.15, 0.2) is 28.8 Å². The number of hydrogen-bond acceptors (Lipinski definition) is 5. The minimum Gasteiger partial charge on any atom is -0.462 e. The highest BCUT2D eigenvalue weighted by molar-refractivity contribution is 5.92. The molecule has 1 aliphatic rings. The summed E-state index contributed by atoms with van der Waals surface area (Å²) < 4.78 is 10.4. The zero-order valence-electron chi connectivity index (χ0n) is 15.9. The Morgan fingerprint density at radius 3 is 2.70 bits per heavy atom. The summed E-state index contributed by atoms with van der Waals surface area (Å²) in [4.78, 5) is 26.4. The van der Waals surface area contributed by atoms with E-state index in [1.807, 2.05) is 18.7 Å². The standard InChI is InChI=1S/C20H25N3O4/c1-4-17-18(13(3)22-27-17)16-7-6-12-23(16)20(25)21-15-10-8-14(9-11-15)19(24)26-5-2/h8-11,16H,4-7,12H2,1-3H3,(H,21,25). The summed E-state index contributed by atoms with van der Waals surface area (Å²) in [5.41, 5.74) is 2.97. The van der Waals surface area contributed by atoms with Crippen molar-refractivity contribution in [3.05, 3.63) is 46.8 Å². The van der Waals surface area contributed by atoms with Crippen molar-refractivity contribution in [2.75, 3.05) is 18.5 Å². The largest absolute Gasteiger partial charge is 0.462 e. The number of hydrogen-bond donors (Lipinski definition) is 1. The second-order valence-electron chi connectivity index (χ2n) is 6.54. The third kappa shape index (κ3) is 3.97. The highest BCUT2D eigenvalue weighted by atomic mass is 16.5. The molecule has 1 saturated heterocycles. The van der Waals surface area contributed by atoms with E-state index in [2.05, 4.69) is 10.5 Å². The summed E-state index contributed by atoms with van der Waals surface area (Å²) in [5, 5.41) is 6.99. The summed E-state index contributed by atoms with van der Waals surface area (Å²) in [7, 11) is 0. The Bertz CT molecular complexity index is 813. The van der Waals surface area contributed by atoms with Gasteiger partial charge in [-0.25, -0.2) is 9.59 Å². The van der Waals surface area contributed by atoms with Crippen LogP contribution in [-0.2, 0) is 11.2 Å². The van der Waals surface area contributed by atoms with Gasteiger partial charge < -0.3 is 19.5 Å². The zero-order valence-corrected chi connectivity index (χ0v) is 15.9. The summed E-state index contributed by atoms with van der Waals surface area (Å²) >= 11 is 0. The number of aromatic nitrogens is 1. The van der Waals surface area contributed by atoms with E-state index in [9.17, 15) is 9.59 Å². The van der Waals surface area contributed by atoms with E-state index in [0.717, 1.165) is 36.3 Å². The lowest BCUT2D eigenvalue weighted by Gasteiger charge is -2.25. The van der Waals surface area contributed by atoms with Crippen LogP contribution in [0.4, 0.5) is 10.5 Å². The molecule has 0 bridgehead atoms. The molecule has 1 aliphatic heterocycles. The zero-order chi connectivity index (χ0) is 19.4. The average molecular weight is 371 g/mol. The van der Waals surface area contributed by atoms with Crippen molar-refractivity contribution in [3.8, 4) is 0 Å². The highest BCUT2D eigenvalue weighted by Crippen LogP contribution is 2.36. The second-order valence-corrected chi connectivity index (χ2v) is 6.54. The van der Waals surface area contributed by atoms with Gasteiger partial charge in [0.1, 0.15) is 5.76 Å². The Kier molecular flexibility index (Phi) is 5.78. The molecule has 1 fully saturated rings. The first-order chi connectivity index (χ1) is 13.0. The van der Waals surface area contributed by atoms with E-state index < -0.39 is 0 Å². The van der Waals surface area contributed by atoms with Crippen molar-refractivity contribution >= 4 is 17.7 Å². The molecular weight excluding hydrogens is 346 g/mol. The van der Waals surface area contributed by atoms with Gasteiger partial charge in [-0.15, -0.1) is 0 Å². The minimum atomic E-state index is -0.370. The summed E-state index contributed by atoms with van der Waals surface area (Å²) in [6.45, 7) is 6.72. The van der Waals surface area contributed by atoms with Crippen LogP contribution in [0.25, 0.3) is 0 Å². The number of esters is 1. The monoisotopic (exact) mass is 371 g/mol. The van der Waals surface area contributed by atoms with Crippen LogP contribution in [-0.4, -0.2) is 35.2 Å². The molecule has 1 atom stereocenters. The smallest absolute Gasteiger partial charge is 0.338 e. The summed E-state index contributed by atoms with van der Waals surface area (Å²) in [5.74, 6) is 0.473. The van der Waals surface area contributed by atoms with Gasteiger partial charge in [-0.2, -0.15) is 0 Å². The number of likely N-dealkylation sites (tertiary alicyclic amines) is 1. The van der Waals surface area contributed by atoms with Gasteiger partial charge in [0, 0.05) is 24.2 Å². The molecule has 144 valence electrons. The molecule has 0 spiro atoms. The van der Waals surface area contributed by atoms with Crippen molar-refractivity contribution in [2.24, 2.45) is 0 Å². The lowest BCUT2D eigenvalue weighted by atomic mass is 10.0. The maximum absolute atomic E-state index is 12.8. The van der Waals surface area contributed by atoms with Crippen LogP contribution >= 0.6 is 0 Å². The Morgan fingerprint density at radius 2 is 2.04 bits per heavy atom. The normalized spacial score (nSPS) is 16.4. The van der Waals surface area contributed by atoms with Gasteiger partial charge in [0.2, 0.25) is 0 Å². The molecule has 1 aromatic carbocycles. The fraction of sp³-hybridized carbons (Fsp3) is 0.450. The molecule has 2 amide bonds. The second kappa shape index (κ2) is 8.24. The lowest BCUT2D eigenvalue weighted by molar-refractivity contribution is 0.0526. The molecule has 7 heteroatoms. The number of nitrogens with one attached hydrogen (secondary N) is 1. The highest BCUT2D eigenvalue weighted by Gasteiger charge is 2.34. The number of carbonyl (C=O) groups excluding carboxylic acids is 2. The predicted molar refractivity (Wildman–Crippen MR) is 101 cm³/mol. The lowest BCUT2D eigenvalue weighted by Crippen LogP contribution is -2.34. The molecule has 2 aromatic rings. The van der Waals surface area contributed by atoms with Crippen LogP contribution in [0.2, 0.25) is 0 Å². The van der Waals surface area contributed by atoms with Crippen LogP contribution < -0.4 is 5.32 Å². The average Bonchev–Trinajstić information content (AvgIpc) is 3.28. The first kappa shape index (κ1) is 18.9. The molecular formula is C20H25N3O4. The molecule has 1 unspecified atom stereocenters. The summed E-state index contributed by atoms with van der Waals surface area (Å²) in [6, 6.07) is 6.52. The Balaban J connectivity index is 1.72. The number of nitrogens with zero attached hydrogens (tertiary/aromatic N) is 2. The fourth-order valence-electron chi connectivity index (χ4n) is 3.51. The molecule has 27 heavy (non-hydrogen) atoms. The quantitative estimate of drug-likeness (QED) is 0.800. The third-order valence-electron chi connectivity index (χ3n) is 4.80. The molecule has 0 aliphatic carbocycles. The van der Waals surface area contributed by atoms with E-state index >= 15 is 0 Å². The van der Waals surface area contributed by atoms with Crippen molar-refractivity contribution in [3.63, 3.8) is 0 Å². The molecule has 2 heterocycles. The van der Waals surface area contributed by atoms with Gasteiger partial charge in [-0.3, -0.25) is 0 Å². The fourth-order valence-corrected chi connectivity index (χ4v) is 3.51. The molecule has 0 saturated carbocycles. The van der Waals surface area contributed by atoms with E-state index in [1.165, 1.54) is 0 Å². The van der Waals surface area contributed by atoms with Crippen molar-refractivity contribution in [1.82, 2.24) is 10.1 Å². The van der Waals surface area contributed by atoms with Crippen LogP contribution in [0.5, 0.6) is 0 Å². The number of carbonyl (C=O) groups is 2. The first-order valence-electron chi connectivity index (χ1n) is 9.35. The van der Waals surface area contributed by atoms with E-state index in [-0.39, 0.29) is 18.0 Å². The molecule has 1 N–H and O–H groups in total. The number of benzene rings is 1. The molecule has 3 rings (SSSR count). The molecule has 1 aromatic heterocycles. The van der Waals surface area contributed by atoms with Gasteiger partial charge in [0.15, 0.2) is 0 Å². The van der Waals surface area contributed by atoms with Gasteiger partial charge in [-0.05, 0) is 51.0 Å². The number of ether oxygens (including phenoxy) is 1. The van der Waals surface area contributed by atoms with E-state index in [4.69, 9.17) is 9.26 Å². The van der Waals surface area contributed by atoms with Crippen LogP contribution in [0, 0.1) is 6.92 Å². The van der Waals surface area contributed by atoms with Crippen molar-refractivity contribution in [1.29, 1.82) is 0 Å². The van der Waals surface area contributed by atoms with Gasteiger partial charge >= 0.3 is 12.0 Å². The number of rotatable bonds is 5. The van der Waals surface area contributed by atoms with Crippen molar-refractivity contribution < 1.29 is 18.8 Å². The number of anilines is 1. The van der Waals surface area contributed by atoms with Crippen molar-refractivity contribution in [2.45, 2.75) is 46.1 Å². The predicted octanol–water partition coefficient (Wildman–Crippen LogP) is 4.09. The van der Waals surface area contributed by atoms with E-state index in [1.54, 1.807) is 31.2 Å². The SMILES string of the molecule is CCOC(=O)c1ccc(NC(=O)N2CCCC2c2c(C)noc2CC)cc1. The number of urea groups is 1. The number of amides is 2. The van der Waals surface area contributed by atoms with Crippen LogP contribution in [0.1, 0.15) is 60.1 Å². The van der Waals surface area contributed by atoms with Gasteiger partial charge in [0.05, 0.1) is 23.9 Å². The summed E-state index contributed by atoms with van der Waals surface area (Å²) in [6.07, 6.45) is 2.58. The van der Waals surface area contributed by atoms with Gasteiger partial charge in [0.25, 0.3) is 0 Å².